The molecule has 0 saturated heterocycles. The third kappa shape index (κ3) is 2.57. The van der Waals surface area contributed by atoms with Crippen molar-refractivity contribution in [1.29, 1.82) is 10.5 Å². The fourth-order valence-electron chi connectivity index (χ4n) is 1.46. The van der Waals surface area contributed by atoms with Crippen molar-refractivity contribution in [2.24, 2.45) is 0 Å². The average molecular weight is 251 g/mol. The van der Waals surface area contributed by atoms with Gasteiger partial charge in [-0.15, -0.1) is 11.3 Å². The van der Waals surface area contributed by atoms with Crippen LogP contribution in [0.4, 0.5) is 5.69 Å². The summed E-state index contributed by atoms with van der Waals surface area (Å²) in [6.45, 7) is 0. The summed E-state index contributed by atoms with van der Waals surface area (Å²) >= 11 is 1.53. The maximum absolute atomic E-state index is 8.69. The van der Waals surface area contributed by atoms with Crippen molar-refractivity contribution in [3.63, 3.8) is 0 Å². The topological polar surface area (TPSA) is 73.6 Å². The van der Waals surface area contributed by atoms with Gasteiger partial charge in [-0.05, 0) is 35.9 Å². The molecule has 0 amide bonds. The summed E-state index contributed by atoms with van der Waals surface area (Å²) in [5.74, 6) is 0. The van der Waals surface area contributed by atoms with Crippen molar-refractivity contribution < 1.29 is 0 Å². The van der Waals surface area contributed by atoms with E-state index in [2.05, 4.69) is 0 Å². The number of nitrogens with zero attached hydrogens (tertiary/aromatic N) is 2. The Balaban J connectivity index is 2.32. The lowest BCUT2D eigenvalue weighted by Crippen LogP contribution is -1.82. The van der Waals surface area contributed by atoms with Gasteiger partial charge in [0.2, 0.25) is 0 Å². The third-order valence-corrected chi connectivity index (χ3v) is 3.43. The molecule has 0 spiro atoms. The first-order valence-corrected chi connectivity index (χ1v) is 6.02. The lowest BCUT2D eigenvalue weighted by atomic mass is 10.2. The Morgan fingerprint density at radius 3 is 2.33 bits per heavy atom. The number of nitrogen functional groups attached to an aromatic ring is 1. The Bertz CT molecular complexity index is 650. The van der Waals surface area contributed by atoms with Crippen molar-refractivity contribution in [1.82, 2.24) is 0 Å². The zero-order chi connectivity index (χ0) is 13.0. The number of nitriles is 2. The SMILES string of the molecule is N#CC(C#N)=Cc1ccc(-c2ccc(N)cc2)s1. The molecule has 2 aromatic rings. The Hall–Kier alpha value is -2.56. The molecule has 3 nitrogen and oxygen atoms in total. The molecule has 1 heterocycles. The predicted molar refractivity (Wildman–Crippen MR) is 73.4 cm³/mol. The van der Waals surface area contributed by atoms with E-state index in [9.17, 15) is 0 Å². The summed E-state index contributed by atoms with van der Waals surface area (Å²) in [6.07, 6.45) is 1.59. The van der Waals surface area contributed by atoms with Crippen molar-refractivity contribution in [2.75, 3.05) is 5.73 Å². The van der Waals surface area contributed by atoms with Gasteiger partial charge < -0.3 is 5.73 Å². The summed E-state index contributed by atoms with van der Waals surface area (Å²) in [7, 11) is 0. The highest BCUT2D eigenvalue weighted by atomic mass is 32.1. The Labute approximate surface area is 109 Å². The number of benzene rings is 1. The van der Waals surface area contributed by atoms with E-state index in [-0.39, 0.29) is 5.57 Å². The number of allylic oxidation sites excluding steroid dienone is 1. The van der Waals surface area contributed by atoms with Gasteiger partial charge in [0, 0.05) is 15.4 Å². The van der Waals surface area contributed by atoms with Crippen molar-refractivity contribution in [2.45, 2.75) is 0 Å². The summed E-state index contributed by atoms with van der Waals surface area (Å²) in [5, 5.41) is 17.4. The van der Waals surface area contributed by atoms with Crippen molar-refractivity contribution in [3.05, 3.63) is 46.8 Å². The third-order valence-electron chi connectivity index (χ3n) is 2.35. The van der Waals surface area contributed by atoms with Crippen LogP contribution < -0.4 is 5.73 Å². The second-order valence-electron chi connectivity index (χ2n) is 3.61. The van der Waals surface area contributed by atoms with Crippen LogP contribution in [0.2, 0.25) is 0 Å². The smallest absolute Gasteiger partial charge is 0.131 e. The monoisotopic (exact) mass is 251 g/mol. The number of hydrogen-bond acceptors (Lipinski definition) is 4. The minimum absolute atomic E-state index is 0.112. The van der Waals surface area contributed by atoms with Crippen LogP contribution in [0.3, 0.4) is 0 Å². The molecule has 1 aromatic heterocycles. The molecule has 0 radical (unpaired) electrons. The van der Waals surface area contributed by atoms with E-state index in [1.165, 1.54) is 11.3 Å². The minimum Gasteiger partial charge on any atom is -0.399 e. The maximum atomic E-state index is 8.69. The lowest BCUT2D eigenvalue weighted by Gasteiger charge is -1.97. The highest BCUT2D eigenvalue weighted by Crippen LogP contribution is 2.29. The summed E-state index contributed by atoms with van der Waals surface area (Å²) < 4.78 is 0. The summed E-state index contributed by atoms with van der Waals surface area (Å²) in [5.41, 5.74) is 7.55. The van der Waals surface area contributed by atoms with Crippen LogP contribution in [-0.2, 0) is 0 Å². The van der Waals surface area contributed by atoms with Gasteiger partial charge >= 0.3 is 0 Å². The molecule has 0 aliphatic rings. The van der Waals surface area contributed by atoms with Gasteiger partial charge in [0.05, 0.1) is 0 Å². The van der Waals surface area contributed by atoms with Gasteiger partial charge in [-0.3, -0.25) is 0 Å². The van der Waals surface area contributed by atoms with Crippen LogP contribution in [0.1, 0.15) is 4.88 Å². The molecule has 0 atom stereocenters. The molecule has 0 unspecified atom stereocenters. The highest BCUT2D eigenvalue weighted by molar-refractivity contribution is 7.16. The van der Waals surface area contributed by atoms with Gasteiger partial charge in [0.25, 0.3) is 0 Å². The van der Waals surface area contributed by atoms with Crippen molar-refractivity contribution >= 4 is 23.1 Å². The van der Waals surface area contributed by atoms with Crippen LogP contribution >= 0.6 is 11.3 Å². The van der Waals surface area contributed by atoms with Crippen LogP contribution in [0.5, 0.6) is 0 Å². The van der Waals surface area contributed by atoms with E-state index in [0.717, 1.165) is 21.0 Å². The minimum atomic E-state index is 0.112. The molecule has 86 valence electrons. The normalized spacial score (nSPS) is 9.22. The van der Waals surface area contributed by atoms with Crippen LogP contribution in [0, 0.1) is 22.7 Å². The molecule has 1 aromatic carbocycles. The number of hydrogen-bond donors (Lipinski definition) is 1. The van der Waals surface area contributed by atoms with Gasteiger partial charge in [-0.25, -0.2) is 0 Å². The summed E-state index contributed by atoms with van der Waals surface area (Å²) in [4.78, 5) is 1.97. The lowest BCUT2D eigenvalue weighted by molar-refractivity contribution is 1.47. The van der Waals surface area contributed by atoms with E-state index >= 15 is 0 Å². The number of rotatable bonds is 2. The standard InChI is InChI=1S/C14H9N3S/c15-8-10(9-16)7-13-5-6-14(18-13)11-1-3-12(17)4-2-11/h1-7H,17H2. The van der Waals surface area contributed by atoms with E-state index in [0.29, 0.717) is 0 Å². The van der Waals surface area contributed by atoms with Gasteiger partial charge in [0.1, 0.15) is 17.7 Å². The Morgan fingerprint density at radius 1 is 1.06 bits per heavy atom. The van der Waals surface area contributed by atoms with E-state index in [1.807, 2.05) is 48.5 Å². The molecule has 4 heteroatoms. The highest BCUT2D eigenvalue weighted by Gasteiger charge is 2.02. The largest absolute Gasteiger partial charge is 0.399 e. The molecule has 2 rings (SSSR count). The van der Waals surface area contributed by atoms with Crippen molar-refractivity contribution in [3.8, 4) is 22.6 Å². The van der Waals surface area contributed by atoms with E-state index < -0.39 is 0 Å². The number of thiophene rings is 1. The Morgan fingerprint density at radius 2 is 1.72 bits per heavy atom. The van der Waals surface area contributed by atoms with Crippen LogP contribution in [0.15, 0.2) is 42.0 Å². The van der Waals surface area contributed by atoms with Crippen LogP contribution in [0.25, 0.3) is 16.5 Å². The van der Waals surface area contributed by atoms with Gasteiger partial charge in [-0.2, -0.15) is 10.5 Å². The fraction of sp³-hybridized carbons (Fsp3) is 0. The molecule has 0 saturated carbocycles. The van der Waals surface area contributed by atoms with E-state index in [4.69, 9.17) is 16.3 Å². The zero-order valence-electron chi connectivity index (χ0n) is 9.42. The van der Waals surface area contributed by atoms with Gasteiger partial charge in [-0.1, -0.05) is 12.1 Å². The number of anilines is 1. The molecular formula is C14H9N3S. The van der Waals surface area contributed by atoms with Gasteiger partial charge in [0.15, 0.2) is 0 Å². The molecular weight excluding hydrogens is 242 g/mol. The second-order valence-corrected chi connectivity index (χ2v) is 4.72. The molecule has 18 heavy (non-hydrogen) atoms. The molecule has 2 N–H and O–H groups in total. The first-order chi connectivity index (χ1) is 8.72. The number of nitrogens with two attached hydrogens (primary N) is 1. The quantitative estimate of drug-likeness (QED) is 0.656. The average Bonchev–Trinajstić information content (AvgIpc) is 2.85. The van der Waals surface area contributed by atoms with E-state index in [1.54, 1.807) is 6.08 Å². The first-order valence-electron chi connectivity index (χ1n) is 5.20. The molecule has 0 aliphatic heterocycles. The molecule has 0 aliphatic carbocycles. The maximum Gasteiger partial charge on any atom is 0.131 e. The first kappa shape index (κ1) is 11.9. The molecule has 0 fully saturated rings. The summed E-state index contributed by atoms with van der Waals surface area (Å²) in [6, 6.07) is 15.1. The predicted octanol–water partition coefficient (Wildman–Crippen LogP) is 3.43. The fourth-order valence-corrected chi connectivity index (χ4v) is 2.42. The molecule has 0 bridgehead atoms. The Kier molecular flexibility index (Phi) is 3.43. The zero-order valence-corrected chi connectivity index (χ0v) is 10.2. The second kappa shape index (κ2) is 5.18. The van der Waals surface area contributed by atoms with Crippen LogP contribution in [-0.4, -0.2) is 0 Å².